The van der Waals surface area contributed by atoms with Gasteiger partial charge in [0.1, 0.15) is 0 Å². The number of rotatable bonds is 2. The molecule has 1 atom stereocenters. The van der Waals surface area contributed by atoms with Crippen molar-refractivity contribution in [3.8, 4) is 0 Å². The largest absolute Gasteiger partial charge is 0.682 e. The van der Waals surface area contributed by atoms with E-state index < -0.39 is 0 Å². The van der Waals surface area contributed by atoms with Crippen LogP contribution in [0, 0.1) is 13.0 Å². The van der Waals surface area contributed by atoms with Crippen LogP contribution in [-0.4, -0.2) is 10.9 Å². The molecule has 0 amide bonds. The summed E-state index contributed by atoms with van der Waals surface area (Å²) in [6, 6.07) is 18.0. The third-order valence-corrected chi connectivity index (χ3v) is 3.84. The summed E-state index contributed by atoms with van der Waals surface area (Å²) in [5.41, 5.74) is 3.71. The minimum Gasteiger partial charge on any atom is -0.682 e. The molecule has 0 bridgehead atoms. The molecule has 2 aromatic rings. The molecule has 0 saturated heterocycles. The van der Waals surface area contributed by atoms with Gasteiger partial charge in [0.05, 0.1) is 5.76 Å². The number of hydrogen-bond acceptors (Lipinski definition) is 2. The van der Waals surface area contributed by atoms with E-state index >= 15 is 0 Å². The van der Waals surface area contributed by atoms with Gasteiger partial charge in [-0.1, -0.05) is 42.8 Å². The number of aliphatic hydroxyl groups excluding tert-OH is 1. The number of carbonyl (C=O) groups excluding carboxylic acids is 1. The number of aryl methyl sites for hydroxylation is 1. The van der Waals surface area contributed by atoms with E-state index in [-0.39, 0.29) is 37.7 Å². The van der Waals surface area contributed by atoms with Crippen LogP contribution >= 0.6 is 0 Å². The van der Waals surface area contributed by atoms with Crippen LogP contribution in [0.3, 0.4) is 0 Å². The Morgan fingerprint density at radius 1 is 1.19 bits per heavy atom. The predicted molar refractivity (Wildman–Crippen MR) is 102 cm³/mol. The van der Waals surface area contributed by atoms with Gasteiger partial charge in [0, 0.05) is 26.2 Å². The van der Waals surface area contributed by atoms with E-state index in [1.54, 1.807) is 0 Å². The summed E-state index contributed by atoms with van der Waals surface area (Å²) >= 11 is 0. The number of benzene rings is 2. The first kappa shape index (κ1) is 21.9. The van der Waals surface area contributed by atoms with E-state index in [9.17, 15) is 4.79 Å². The van der Waals surface area contributed by atoms with Crippen LogP contribution in [0.25, 0.3) is 17.1 Å². The Bertz CT molecular complexity index is 912. The smallest absolute Gasteiger partial charge is 0.155 e. The molecule has 1 unspecified atom stereocenters. The molecule has 3 nitrogen and oxygen atoms in total. The molecule has 0 fully saturated rings. The predicted octanol–water partition coefficient (Wildman–Crippen LogP) is 3.87. The second-order valence-corrected chi connectivity index (χ2v) is 6.17. The van der Waals surface area contributed by atoms with Crippen molar-refractivity contribution in [3.63, 3.8) is 0 Å². The maximum absolute atomic E-state index is 10.0. The van der Waals surface area contributed by atoms with E-state index in [2.05, 4.69) is 61.6 Å². The summed E-state index contributed by atoms with van der Waals surface area (Å²) in [4.78, 5) is 10.0. The Labute approximate surface area is 168 Å². The van der Waals surface area contributed by atoms with Gasteiger partial charge in [-0.15, -0.1) is 0 Å². The van der Waals surface area contributed by atoms with Crippen LogP contribution in [0.4, 0.5) is 0 Å². The molecule has 1 aliphatic heterocycles. The minimum absolute atomic E-state index is 0. The summed E-state index contributed by atoms with van der Waals surface area (Å²) in [7, 11) is 0. The number of carbonyl (C=O) groups is 1. The zero-order valence-electron chi connectivity index (χ0n) is 15.4. The molecule has 1 heterocycles. The first-order chi connectivity index (χ1) is 11.9. The molecule has 26 heavy (non-hydrogen) atoms. The normalized spacial score (nSPS) is 15.3. The van der Waals surface area contributed by atoms with E-state index in [1.165, 1.54) is 41.5 Å². The Balaban J connectivity index is 0.000000366. The summed E-state index contributed by atoms with van der Waals surface area (Å²) in [5.74, 6) is -0.0625. The number of ketones is 1. The molecule has 1 radical (unpaired) electrons. The Morgan fingerprint density at radius 2 is 1.88 bits per heavy atom. The van der Waals surface area contributed by atoms with Crippen LogP contribution in [0.1, 0.15) is 37.9 Å². The van der Waals surface area contributed by atoms with Crippen molar-refractivity contribution in [2.24, 2.45) is 0 Å². The zero-order chi connectivity index (χ0) is 18.4. The average Bonchev–Trinajstić information content (AvgIpc) is 2.55. The van der Waals surface area contributed by atoms with E-state index in [1.807, 2.05) is 12.3 Å². The fraction of sp³-hybridized carbons (Fsp3) is 0.227. The molecular formula is C22H23IrNO2-2. The van der Waals surface area contributed by atoms with Gasteiger partial charge >= 0.3 is 0 Å². The minimum atomic E-state index is -0.125. The van der Waals surface area contributed by atoms with Gasteiger partial charge in [0.25, 0.3) is 0 Å². The van der Waals surface area contributed by atoms with Crippen molar-refractivity contribution in [2.45, 2.75) is 33.7 Å². The number of hydrogen-bond donors (Lipinski definition) is 1. The van der Waals surface area contributed by atoms with Gasteiger partial charge in [-0.3, -0.25) is 4.79 Å². The van der Waals surface area contributed by atoms with E-state index in [4.69, 9.17) is 5.11 Å². The maximum Gasteiger partial charge on any atom is 0.155 e. The number of aliphatic hydroxyl groups is 1. The second kappa shape index (κ2) is 10.1. The van der Waals surface area contributed by atoms with Crippen LogP contribution in [0.5, 0.6) is 0 Å². The summed E-state index contributed by atoms with van der Waals surface area (Å²) < 4.78 is 0. The average molecular weight is 526 g/mol. The SMILES string of the molecule is CC(=O)/C=C(/C)O.CC1=c2ccccc2=C[N-]C1c1[c-]ccc(C)c1.[Ir]. The number of fused-ring (bicyclic) bond motifs is 1. The van der Waals surface area contributed by atoms with Gasteiger partial charge in [0.15, 0.2) is 5.78 Å². The standard InChI is InChI=1S/C17H15N.C5H8O2.Ir/c1-12-6-5-8-14(10-12)17-13(2)16-9-4-3-7-15(16)11-18-17;1-4(6)3-5(2)7;/h3-7,9-11,17H,1-2H3;3,6H,1-2H3;/q-2;;/b;4-3-;. The van der Waals surface area contributed by atoms with Crippen LogP contribution in [0.2, 0.25) is 0 Å². The number of nitrogens with zero attached hydrogens (tertiary/aromatic N) is 1. The molecule has 0 spiro atoms. The van der Waals surface area contributed by atoms with Gasteiger partial charge < -0.3 is 10.4 Å². The molecule has 1 aliphatic rings. The maximum atomic E-state index is 10.0. The molecule has 4 heteroatoms. The van der Waals surface area contributed by atoms with Crippen molar-refractivity contribution in [1.29, 1.82) is 0 Å². The van der Waals surface area contributed by atoms with Gasteiger partial charge in [-0.05, 0) is 31.2 Å². The molecule has 0 saturated carbocycles. The fourth-order valence-corrected chi connectivity index (χ4v) is 2.75. The molecule has 0 aromatic heterocycles. The van der Waals surface area contributed by atoms with Crippen LogP contribution < -0.4 is 10.4 Å². The second-order valence-electron chi connectivity index (χ2n) is 6.17. The summed E-state index contributed by atoms with van der Waals surface area (Å²) in [6.45, 7) is 7.12. The van der Waals surface area contributed by atoms with E-state index in [0.29, 0.717) is 0 Å². The third kappa shape index (κ3) is 5.98. The zero-order valence-corrected chi connectivity index (χ0v) is 17.8. The topological polar surface area (TPSA) is 51.4 Å². The van der Waals surface area contributed by atoms with Crippen molar-refractivity contribution in [2.75, 3.05) is 0 Å². The molecule has 3 rings (SSSR count). The fourth-order valence-electron chi connectivity index (χ4n) is 2.75. The molecular weight excluding hydrogens is 502 g/mol. The molecule has 139 valence electrons. The first-order valence-corrected chi connectivity index (χ1v) is 8.20. The molecule has 2 aromatic carbocycles. The number of allylic oxidation sites excluding steroid dienone is 2. The molecule has 1 N–H and O–H groups in total. The van der Waals surface area contributed by atoms with Crippen molar-refractivity contribution in [3.05, 3.63) is 87.2 Å². The van der Waals surface area contributed by atoms with Gasteiger partial charge in [-0.25, -0.2) is 0 Å². The monoisotopic (exact) mass is 526 g/mol. The van der Waals surface area contributed by atoms with Crippen molar-refractivity contribution >= 4 is 17.6 Å². The van der Waals surface area contributed by atoms with Gasteiger partial charge in [-0.2, -0.15) is 41.6 Å². The van der Waals surface area contributed by atoms with Crippen molar-refractivity contribution < 1.29 is 30.0 Å². The summed E-state index contributed by atoms with van der Waals surface area (Å²) in [5, 5.41) is 15.5. The Kier molecular flexibility index (Phi) is 8.50. The Morgan fingerprint density at radius 3 is 2.46 bits per heavy atom. The van der Waals surface area contributed by atoms with Crippen LogP contribution in [-0.2, 0) is 24.9 Å². The quantitative estimate of drug-likeness (QED) is 0.368. The summed E-state index contributed by atoms with van der Waals surface area (Å²) in [6.07, 6.45) is 3.14. The molecule has 0 aliphatic carbocycles. The third-order valence-electron chi connectivity index (χ3n) is 3.84. The first-order valence-electron chi connectivity index (χ1n) is 8.20. The van der Waals surface area contributed by atoms with Crippen LogP contribution in [0.15, 0.2) is 54.3 Å². The van der Waals surface area contributed by atoms with Crippen molar-refractivity contribution in [1.82, 2.24) is 0 Å². The Hall–Kier alpha value is -2.16. The van der Waals surface area contributed by atoms with E-state index in [0.717, 1.165) is 5.56 Å². The van der Waals surface area contributed by atoms with Gasteiger partial charge in [0.2, 0.25) is 0 Å².